The molecule has 3 aliphatic heterocycles. The number of likely N-dealkylation sites (tertiary alicyclic amines) is 2. The Labute approximate surface area is 345 Å². The molecule has 0 bridgehead atoms. The van der Waals surface area contributed by atoms with Gasteiger partial charge in [-0.3, -0.25) is 14.6 Å². The van der Waals surface area contributed by atoms with Crippen LogP contribution >= 0.6 is 0 Å². The molecule has 4 N–H and O–H groups in total. The average Bonchev–Trinajstić information content (AvgIpc) is 4.02. The van der Waals surface area contributed by atoms with Gasteiger partial charge in [-0.15, -0.1) is 0 Å². The lowest BCUT2D eigenvalue weighted by Gasteiger charge is -2.36. The molecule has 312 valence electrons. The SMILES string of the molecule is COC(=O)N[C@H](C(=O)N1CCC[C@H]1C1=NC(C)(C)c2ccc(-c3ccc4cc(-c5cnc([C@@H]6CCCN6C(=O)[C@@H](NC(=O)OC)C(C)C)[nH]5)ccc4c3)cc2N1)C(C)C. The van der Waals surface area contributed by atoms with E-state index in [-0.39, 0.29) is 35.7 Å². The van der Waals surface area contributed by atoms with Crippen LogP contribution < -0.4 is 16.0 Å². The molecule has 3 aromatic carbocycles. The summed E-state index contributed by atoms with van der Waals surface area (Å²) >= 11 is 0. The Bertz CT molecular complexity index is 2280. The van der Waals surface area contributed by atoms with Crippen LogP contribution in [-0.2, 0) is 24.6 Å². The molecule has 4 heterocycles. The lowest BCUT2D eigenvalue weighted by atomic mass is 9.88. The molecular weight excluding hydrogens is 749 g/mol. The normalized spacial score (nSPS) is 19.5. The van der Waals surface area contributed by atoms with E-state index in [1.807, 2.05) is 43.7 Å². The summed E-state index contributed by atoms with van der Waals surface area (Å²) in [6.07, 6.45) is 3.80. The molecule has 7 rings (SSSR count). The van der Waals surface area contributed by atoms with E-state index < -0.39 is 29.8 Å². The summed E-state index contributed by atoms with van der Waals surface area (Å²) in [6, 6.07) is 17.3. The first kappa shape index (κ1) is 41.2. The van der Waals surface area contributed by atoms with Gasteiger partial charge in [0.2, 0.25) is 11.8 Å². The summed E-state index contributed by atoms with van der Waals surface area (Å²) in [5.41, 5.74) is 5.47. The van der Waals surface area contributed by atoms with Gasteiger partial charge in [-0.2, -0.15) is 0 Å². The number of H-pyrrole nitrogens is 1. The number of ether oxygens (including phenoxy) is 2. The van der Waals surface area contributed by atoms with Crippen molar-refractivity contribution in [2.75, 3.05) is 32.6 Å². The fourth-order valence-corrected chi connectivity index (χ4v) is 8.68. The van der Waals surface area contributed by atoms with Gasteiger partial charge in [0.25, 0.3) is 0 Å². The first-order chi connectivity index (χ1) is 28.2. The van der Waals surface area contributed by atoms with Crippen LogP contribution in [0.3, 0.4) is 0 Å². The summed E-state index contributed by atoms with van der Waals surface area (Å²) < 4.78 is 9.59. The molecule has 4 atom stereocenters. The third kappa shape index (κ3) is 8.35. The van der Waals surface area contributed by atoms with Gasteiger partial charge in [-0.25, -0.2) is 14.6 Å². The van der Waals surface area contributed by atoms with Gasteiger partial charge in [0.15, 0.2) is 0 Å². The molecule has 14 heteroatoms. The fourth-order valence-electron chi connectivity index (χ4n) is 8.68. The molecule has 0 unspecified atom stereocenters. The van der Waals surface area contributed by atoms with E-state index in [1.54, 1.807) is 0 Å². The van der Waals surface area contributed by atoms with Crippen LogP contribution in [-0.4, -0.2) is 95.0 Å². The third-order valence-electron chi connectivity index (χ3n) is 11.9. The first-order valence-electron chi connectivity index (χ1n) is 20.6. The third-order valence-corrected chi connectivity index (χ3v) is 11.9. The van der Waals surface area contributed by atoms with Crippen molar-refractivity contribution in [3.63, 3.8) is 0 Å². The Morgan fingerprint density at radius 2 is 1.27 bits per heavy atom. The largest absolute Gasteiger partial charge is 0.453 e. The number of fused-ring (bicyclic) bond motifs is 2. The van der Waals surface area contributed by atoms with Crippen LogP contribution in [0.4, 0.5) is 15.3 Å². The molecule has 59 heavy (non-hydrogen) atoms. The number of rotatable bonds is 10. The van der Waals surface area contributed by atoms with Crippen LogP contribution in [0.1, 0.15) is 84.7 Å². The lowest BCUT2D eigenvalue weighted by Crippen LogP contribution is -2.55. The predicted molar refractivity (Wildman–Crippen MR) is 228 cm³/mol. The Balaban J connectivity index is 1.09. The lowest BCUT2D eigenvalue weighted by molar-refractivity contribution is -0.135. The van der Waals surface area contributed by atoms with E-state index in [0.29, 0.717) is 13.1 Å². The fraction of sp³-hybridized carbons (Fsp3) is 0.467. The number of hydrogen-bond donors (Lipinski definition) is 4. The number of aromatic nitrogens is 2. The minimum Gasteiger partial charge on any atom is -0.453 e. The van der Waals surface area contributed by atoms with Gasteiger partial charge in [0.05, 0.1) is 43.7 Å². The summed E-state index contributed by atoms with van der Waals surface area (Å²) in [6.45, 7) is 13.0. The molecule has 3 aliphatic rings. The minimum atomic E-state index is -0.706. The van der Waals surface area contributed by atoms with Crippen molar-refractivity contribution in [1.82, 2.24) is 30.4 Å². The highest BCUT2D eigenvalue weighted by atomic mass is 16.5. The monoisotopic (exact) mass is 804 g/mol. The quantitative estimate of drug-likeness (QED) is 0.129. The number of benzene rings is 3. The van der Waals surface area contributed by atoms with E-state index in [1.165, 1.54) is 14.2 Å². The van der Waals surface area contributed by atoms with Crippen molar-refractivity contribution < 1.29 is 28.7 Å². The van der Waals surface area contributed by atoms with Crippen LogP contribution in [0.15, 0.2) is 65.8 Å². The number of aromatic amines is 1. The van der Waals surface area contributed by atoms with Crippen molar-refractivity contribution in [3.05, 3.63) is 72.2 Å². The molecule has 4 amide bonds. The van der Waals surface area contributed by atoms with E-state index >= 15 is 0 Å². The minimum absolute atomic E-state index is 0.110. The van der Waals surface area contributed by atoms with Gasteiger partial charge in [-0.1, -0.05) is 64.1 Å². The zero-order valence-corrected chi connectivity index (χ0v) is 35.2. The molecule has 2 saturated heterocycles. The number of carbonyl (C=O) groups excluding carboxylic acids is 4. The second-order valence-electron chi connectivity index (χ2n) is 17.0. The summed E-state index contributed by atoms with van der Waals surface area (Å²) in [7, 11) is 2.59. The zero-order valence-electron chi connectivity index (χ0n) is 35.2. The summed E-state index contributed by atoms with van der Waals surface area (Å²) in [5, 5.41) is 11.2. The smallest absolute Gasteiger partial charge is 0.407 e. The number of alkyl carbamates (subject to hydrolysis) is 2. The van der Waals surface area contributed by atoms with Crippen LogP contribution in [0.5, 0.6) is 0 Å². The molecule has 14 nitrogen and oxygen atoms in total. The second-order valence-corrected chi connectivity index (χ2v) is 17.0. The van der Waals surface area contributed by atoms with E-state index in [9.17, 15) is 19.2 Å². The van der Waals surface area contributed by atoms with Gasteiger partial charge in [-0.05, 0) is 91.5 Å². The Kier molecular flexibility index (Phi) is 11.7. The molecule has 0 saturated carbocycles. The zero-order chi connectivity index (χ0) is 42.2. The molecular formula is C45H56N8O6. The Hall–Kier alpha value is -5.92. The molecule has 2 fully saturated rings. The topological polar surface area (TPSA) is 170 Å². The van der Waals surface area contributed by atoms with Crippen molar-refractivity contribution >= 4 is 46.3 Å². The van der Waals surface area contributed by atoms with Gasteiger partial charge in [0, 0.05) is 29.9 Å². The Morgan fingerprint density at radius 1 is 0.746 bits per heavy atom. The number of hydrogen-bond acceptors (Lipinski definition) is 9. The summed E-state index contributed by atoms with van der Waals surface area (Å²) in [5.74, 6) is 0.966. The molecule has 0 spiro atoms. The highest BCUT2D eigenvalue weighted by molar-refractivity contribution is 6.05. The number of amides is 4. The number of carbonyl (C=O) groups is 4. The van der Waals surface area contributed by atoms with Crippen LogP contribution in [0, 0.1) is 11.8 Å². The highest BCUT2D eigenvalue weighted by Gasteiger charge is 2.41. The number of amidine groups is 1. The van der Waals surface area contributed by atoms with Crippen molar-refractivity contribution in [1.29, 1.82) is 0 Å². The van der Waals surface area contributed by atoms with E-state index in [4.69, 9.17) is 19.5 Å². The maximum absolute atomic E-state index is 13.9. The Morgan fingerprint density at radius 3 is 1.86 bits per heavy atom. The van der Waals surface area contributed by atoms with Crippen molar-refractivity contribution in [2.24, 2.45) is 16.8 Å². The van der Waals surface area contributed by atoms with Crippen LogP contribution in [0.25, 0.3) is 33.2 Å². The highest BCUT2D eigenvalue weighted by Crippen LogP contribution is 2.40. The number of methoxy groups -OCH3 is 2. The number of nitrogens with one attached hydrogen (secondary N) is 4. The van der Waals surface area contributed by atoms with Gasteiger partial charge < -0.3 is 40.2 Å². The van der Waals surface area contributed by atoms with Crippen molar-refractivity contribution in [2.45, 2.75) is 96.9 Å². The van der Waals surface area contributed by atoms with E-state index in [2.05, 4.69) is 89.4 Å². The summed E-state index contributed by atoms with van der Waals surface area (Å²) in [4.78, 5) is 68.6. The molecule has 1 aromatic heterocycles. The maximum Gasteiger partial charge on any atom is 0.407 e. The second kappa shape index (κ2) is 16.7. The standard InChI is InChI=1S/C45H56N8O6/c1-25(2)37(49-43(56)58-7)41(54)52-19-9-11-35(52)39-46-24-34(48-39)31-16-15-27-21-28(13-14-29(27)22-31)30-17-18-32-33(23-30)47-40(51-45(32,5)6)36-12-10-20-53(36)42(55)38(26(3)4)50-44(57)59-8/h13-18,21-26,35-38H,9-12,19-20H2,1-8H3,(H,46,48)(H,47,51)(H,49,56)(H,50,57)/t35-,36-,37-,38-/m0/s1. The molecule has 4 aromatic rings. The number of nitrogens with zero attached hydrogens (tertiary/aromatic N) is 4. The van der Waals surface area contributed by atoms with Crippen molar-refractivity contribution in [3.8, 4) is 22.4 Å². The molecule has 0 radical (unpaired) electrons. The molecule has 0 aliphatic carbocycles. The number of anilines is 1. The van der Waals surface area contributed by atoms with Gasteiger partial charge in [0.1, 0.15) is 23.7 Å². The first-order valence-corrected chi connectivity index (χ1v) is 20.6. The average molecular weight is 805 g/mol. The maximum atomic E-state index is 13.9. The number of imidazole rings is 1. The van der Waals surface area contributed by atoms with Crippen LogP contribution in [0.2, 0.25) is 0 Å². The number of aliphatic imine (C=N–C) groups is 1. The van der Waals surface area contributed by atoms with E-state index in [0.717, 1.165) is 81.8 Å². The van der Waals surface area contributed by atoms with Gasteiger partial charge >= 0.3 is 12.2 Å². The predicted octanol–water partition coefficient (Wildman–Crippen LogP) is 7.37.